The molecule has 1 aliphatic rings. The molecule has 4 heterocycles. The molecule has 29 heavy (non-hydrogen) atoms. The van der Waals surface area contributed by atoms with Crippen molar-refractivity contribution in [3.8, 4) is 11.8 Å². The highest BCUT2D eigenvalue weighted by atomic mass is 16.1. The summed E-state index contributed by atoms with van der Waals surface area (Å²) in [6.45, 7) is 5.25. The number of ketones is 1. The second-order valence-electron chi connectivity index (χ2n) is 6.67. The molecule has 0 aliphatic carbocycles. The van der Waals surface area contributed by atoms with E-state index in [0.717, 1.165) is 26.2 Å². The number of nitrogens with zero attached hydrogens (tertiary/aromatic N) is 6. The summed E-state index contributed by atoms with van der Waals surface area (Å²) in [4.78, 5) is 36.4. The van der Waals surface area contributed by atoms with Crippen LogP contribution >= 0.6 is 0 Å². The first-order valence-electron chi connectivity index (χ1n) is 9.44. The number of anilines is 1. The number of carbonyl (C=O) groups excluding carboxylic acids is 1. The summed E-state index contributed by atoms with van der Waals surface area (Å²) >= 11 is 0. The van der Waals surface area contributed by atoms with Gasteiger partial charge in [-0.2, -0.15) is 5.10 Å². The predicted molar refractivity (Wildman–Crippen MR) is 109 cm³/mol. The van der Waals surface area contributed by atoms with Crippen molar-refractivity contribution < 1.29 is 4.79 Å². The van der Waals surface area contributed by atoms with Crippen molar-refractivity contribution in [3.63, 3.8) is 0 Å². The molecule has 1 aliphatic heterocycles. The van der Waals surface area contributed by atoms with Crippen LogP contribution in [0.5, 0.6) is 0 Å². The van der Waals surface area contributed by atoms with Crippen molar-refractivity contribution >= 4 is 22.8 Å². The van der Waals surface area contributed by atoms with E-state index in [9.17, 15) is 9.59 Å². The molecule has 0 saturated carbocycles. The second kappa shape index (κ2) is 8.24. The molecule has 1 fully saturated rings. The zero-order chi connectivity index (χ0) is 20.2. The summed E-state index contributed by atoms with van der Waals surface area (Å²) in [7, 11) is 0. The number of pyridine rings is 1. The molecule has 4 rings (SSSR count). The molecule has 0 bridgehead atoms. The number of fused-ring (bicyclic) bond motifs is 1. The molecule has 3 aromatic rings. The molecule has 3 aromatic heterocycles. The monoisotopic (exact) mass is 391 g/mol. The maximum atomic E-state index is 13.2. The van der Waals surface area contributed by atoms with E-state index < -0.39 is 0 Å². The largest absolute Gasteiger partial charge is 0.340 e. The first kappa shape index (κ1) is 18.8. The number of hydrogen-bond donors (Lipinski definition) is 1. The molecule has 148 valence electrons. The number of aromatic nitrogens is 5. The van der Waals surface area contributed by atoms with E-state index in [1.54, 1.807) is 25.3 Å². The molecule has 0 aromatic carbocycles. The summed E-state index contributed by atoms with van der Waals surface area (Å²) in [6.07, 6.45) is 4.61. The molecule has 0 amide bonds. The summed E-state index contributed by atoms with van der Waals surface area (Å²) in [5.41, 5.74) is 1.00. The van der Waals surface area contributed by atoms with E-state index in [4.69, 9.17) is 0 Å². The zero-order valence-corrected chi connectivity index (χ0v) is 16.1. The Kier molecular flexibility index (Phi) is 5.35. The van der Waals surface area contributed by atoms with Gasteiger partial charge in [-0.05, 0) is 19.1 Å². The maximum absolute atomic E-state index is 13.2. The Morgan fingerprint density at radius 3 is 2.83 bits per heavy atom. The van der Waals surface area contributed by atoms with E-state index in [1.165, 1.54) is 17.1 Å². The van der Waals surface area contributed by atoms with Gasteiger partial charge in [-0.1, -0.05) is 5.92 Å². The van der Waals surface area contributed by atoms with Crippen LogP contribution < -0.4 is 15.8 Å². The van der Waals surface area contributed by atoms with Crippen LogP contribution in [0.15, 0.2) is 35.5 Å². The van der Waals surface area contributed by atoms with Crippen LogP contribution in [-0.2, 0) is 13.1 Å². The van der Waals surface area contributed by atoms with Crippen LogP contribution in [0, 0.1) is 11.8 Å². The number of nitrogens with one attached hydrogen (secondary N) is 1. The summed E-state index contributed by atoms with van der Waals surface area (Å²) < 4.78 is 3.00. The van der Waals surface area contributed by atoms with Crippen molar-refractivity contribution in [2.24, 2.45) is 0 Å². The van der Waals surface area contributed by atoms with Crippen LogP contribution in [-0.4, -0.2) is 56.3 Å². The number of rotatable bonds is 5. The Hall–Kier alpha value is -3.51. The fourth-order valence-electron chi connectivity index (χ4n) is 3.36. The molecule has 0 atom stereocenters. The third kappa shape index (κ3) is 3.75. The van der Waals surface area contributed by atoms with Crippen molar-refractivity contribution in [1.82, 2.24) is 29.6 Å². The molecule has 9 nitrogen and oxygen atoms in total. The summed E-state index contributed by atoms with van der Waals surface area (Å²) in [6, 6.07) is 3.35. The second-order valence-corrected chi connectivity index (χ2v) is 6.67. The Bertz CT molecular complexity index is 1150. The van der Waals surface area contributed by atoms with Gasteiger partial charge in [-0.25, -0.2) is 9.67 Å². The van der Waals surface area contributed by atoms with Gasteiger partial charge in [-0.15, -0.1) is 5.92 Å². The lowest BCUT2D eigenvalue weighted by Crippen LogP contribution is -2.44. The predicted octanol–water partition coefficient (Wildman–Crippen LogP) is 0.304. The molecular weight excluding hydrogens is 370 g/mol. The van der Waals surface area contributed by atoms with Crippen LogP contribution in [0.3, 0.4) is 0 Å². The van der Waals surface area contributed by atoms with Crippen LogP contribution in [0.4, 0.5) is 5.95 Å². The lowest BCUT2D eigenvalue weighted by Gasteiger charge is -2.28. The standard InChI is InChI=1S/C20H21N7O2/c1-2-3-9-26-18-16(24-20(26)25-10-7-21-8-11-25)13-23-27(19(18)29)14-17(28)15-5-4-6-22-12-15/h4-6,12-13,21H,7-11,14H2,1H3. The van der Waals surface area contributed by atoms with E-state index >= 15 is 0 Å². The molecule has 0 spiro atoms. The Labute approximate surface area is 167 Å². The average molecular weight is 391 g/mol. The van der Waals surface area contributed by atoms with Gasteiger partial charge in [0, 0.05) is 44.1 Å². The van der Waals surface area contributed by atoms with Gasteiger partial charge in [-0.3, -0.25) is 19.1 Å². The van der Waals surface area contributed by atoms with Crippen LogP contribution in [0.1, 0.15) is 17.3 Å². The Balaban J connectivity index is 1.76. The first-order valence-corrected chi connectivity index (χ1v) is 9.44. The maximum Gasteiger partial charge on any atom is 0.293 e. The first-order chi connectivity index (χ1) is 14.2. The summed E-state index contributed by atoms with van der Waals surface area (Å²) in [5, 5.41) is 7.48. The average Bonchev–Trinajstić information content (AvgIpc) is 3.14. The van der Waals surface area contributed by atoms with Gasteiger partial charge >= 0.3 is 0 Å². The van der Waals surface area contributed by atoms with Crippen molar-refractivity contribution in [3.05, 3.63) is 46.6 Å². The normalized spacial score (nSPS) is 13.9. The zero-order valence-electron chi connectivity index (χ0n) is 16.1. The van der Waals surface area contributed by atoms with Crippen LogP contribution in [0.2, 0.25) is 0 Å². The van der Waals surface area contributed by atoms with E-state index in [0.29, 0.717) is 29.1 Å². The molecular formula is C20H21N7O2. The van der Waals surface area contributed by atoms with Gasteiger partial charge in [0.25, 0.3) is 5.56 Å². The minimum atomic E-state index is -0.355. The lowest BCUT2D eigenvalue weighted by molar-refractivity contribution is 0.0965. The molecule has 0 unspecified atom stereocenters. The number of carbonyl (C=O) groups is 1. The molecule has 9 heteroatoms. The van der Waals surface area contributed by atoms with Gasteiger partial charge < -0.3 is 10.2 Å². The van der Waals surface area contributed by atoms with E-state index in [2.05, 4.69) is 37.1 Å². The molecule has 1 N–H and O–H groups in total. The van der Waals surface area contributed by atoms with Gasteiger partial charge in [0.2, 0.25) is 5.95 Å². The van der Waals surface area contributed by atoms with Crippen molar-refractivity contribution in [1.29, 1.82) is 0 Å². The molecule has 1 saturated heterocycles. The summed E-state index contributed by atoms with van der Waals surface area (Å²) in [5.74, 6) is 6.38. The highest BCUT2D eigenvalue weighted by Gasteiger charge is 2.22. The number of Topliss-reactive ketones (excluding diaryl/α,β-unsaturated/α-hetero) is 1. The fraction of sp³-hybridized carbons (Fsp3) is 0.350. The molecule has 0 radical (unpaired) electrons. The van der Waals surface area contributed by atoms with E-state index in [-0.39, 0.29) is 17.9 Å². The third-order valence-electron chi connectivity index (χ3n) is 4.82. The van der Waals surface area contributed by atoms with Gasteiger partial charge in [0.1, 0.15) is 17.6 Å². The topological polar surface area (TPSA) is 97.9 Å². The smallest absolute Gasteiger partial charge is 0.293 e. The highest BCUT2D eigenvalue weighted by molar-refractivity contribution is 5.95. The minimum absolute atomic E-state index is 0.159. The fourth-order valence-corrected chi connectivity index (χ4v) is 3.36. The van der Waals surface area contributed by atoms with Crippen LogP contribution in [0.25, 0.3) is 11.0 Å². The van der Waals surface area contributed by atoms with Crippen molar-refractivity contribution in [2.75, 3.05) is 31.1 Å². The third-order valence-corrected chi connectivity index (χ3v) is 4.82. The van der Waals surface area contributed by atoms with E-state index in [1.807, 2.05) is 4.57 Å². The van der Waals surface area contributed by atoms with Gasteiger partial charge in [0.15, 0.2) is 5.78 Å². The lowest BCUT2D eigenvalue weighted by atomic mass is 10.2. The number of imidazole rings is 1. The SMILES string of the molecule is CC#CCn1c(N2CCNCC2)nc2cnn(CC(=O)c3cccnc3)c(=O)c21. The van der Waals surface area contributed by atoms with Gasteiger partial charge in [0.05, 0.1) is 12.7 Å². The Morgan fingerprint density at radius 2 is 2.10 bits per heavy atom. The highest BCUT2D eigenvalue weighted by Crippen LogP contribution is 2.20. The number of piperazine rings is 1. The Morgan fingerprint density at radius 1 is 1.28 bits per heavy atom. The number of hydrogen-bond acceptors (Lipinski definition) is 7. The van der Waals surface area contributed by atoms with Crippen molar-refractivity contribution in [2.45, 2.75) is 20.0 Å². The minimum Gasteiger partial charge on any atom is -0.340 e. The quantitative estimate of drug-likeness (QED) is 0.494.